The molecule has 3 heterocycles. The average molecular weight is 382 g/mol. The number of H-pyrrole nitrogens is 1. The van der Waals surface area contributed by atoms with E-state index in [0.717, 1.165) is 33.6 Å². The minimum absolute atomic E-state index is 0.0571. The molecule has 3 aromatic heterocycles. The van der Waals surface area contributed by atoms with E-state index in [9.17, 15) is 4.79 Å². The topological polar surface area (TPSA) is 57.8 Å². The fourth-order valence-electron chi connectivity index (χ4n) is 2.97. The molecule has 1 amide bonds. The highest BCUT2D eigenvalue weighted by Crippen LogP contribution is 2.29. The first-order valence-corrected chi connectivity index (χ1v) is 10.2. The van der Waals surface area contributed by atoms with Crippen molar-refractivity contribution in [3.8, 4) is 10.6 Å². The zero-order chi connectivity index (χ0) is 17.9. The minimum Gasteiger partial charge on any atom is -0.361 e. The second-order valence-corrected chi connectivity index (χ2v) is 8.38. The van der Waals surface area contributed by atoms with Gasteiger partial charge in [-0.1, -0.05) is 18.2 Å². The van der Waals surface area contributed by atoms with Gasteiger partial charge < -0.3 is 10.3 Å². The maximum Gasteiger partial charge on any atom is 0.224 e. The molecule has 0 spiro atoms. The molecule has 26 heavy (non-hydrogen) atoms. The zero-order valence-electron chi connectivity index (χ0n) is 14.4. The number of amides is 1. The van der Waals surface area contributed by atoms with E-state index in [-0.39, 0.29) is 5.91 Å². The first-order chi connectivity index (χ1) is 12.7. The van der Waals surface area contributed by atoms with Crippen molar-refractivity contribution in [1.82, 2.24) is 15.3 Å². The van der Waals surface area contributed by atoms with Crippen LogP contribution in [0.2, 0.25) is 0 Å². The lowest BCUT2D eigenvalue weighted by molar-refractivity contribution is -0.120. The van der Waals surface area contributed by atoms with Crippen LogP contribution in [-0.4, -0.2) is 22.4 Å². The van der Waals surface area contributed by atoms with Crippen molar-refractivity contribution in [2.75, 3.05) is 6.54 Å². The molecule has 0 aliphatic carbocycles. The van der Waals surface area contributed by atoms with Crippen LogP contribution < -0.4 is 5.32 Å². The number of benzene rings is 1. The molecule has 0 saturated carbocycles. The molecule has 0 aliphatic heterocycles. The third-order valence-electron chi connectivity index (χ3n) is 4.25. The molecule has 0 bridgehead atoms. The van der Waals surface area contributed by atoms with Crippen LogP contribution in [0.4, 0.5) is 0 Å². The summed E-state index contributed by atoms with van der Waals surface area (Å²) in [5, 5.41) is 7.32. The molecule has 4 nitrogen and oxygen atoms in total. The molecule has 2 N–H and O–H groups in total. The normalized spacial score (nSPS) is 11.1. The Kier molecular flexibility index (Phi) is 4.86. The van der Waals surface area contributed by atoms with Crippen molar-refractivity contribution < 1.29 is 4.79 Å². The molecule has 4 aromatic rings. The number of aromatic amines is 1. The summed E-state index contributed by atoms with van der Waals surface area (Å²) in [7, 11) is 0. The molecule has 0 saturated heterocycles. The molecule has 0 radical (unpaired) electrons. The van der Waals surface area contributed by atoms with Gasteiger partial charge in [-0.3, -0.25) is 4.79 Å². The minimum atomic E-state index is 0.0571. The number of hydrogen-bond acceptors (Lipinski definition) is 4. The van der Waals surface area contributed by atoms with E-state index in [0.29, 0.717) is 13.0 Å². The highest BCUT2D eigenvalue weighted by Gasteiger charge is 2.09. The smallest absolute Gasteiger partial charge is 0.224 e. The van der Waals surface area contributed by atoms with Gasteiger partial charge in [0.2, 0.25) is 5.91 Å². The fourth-order valence-corrected chi connectivity index (χ4v) is 4.62. The Balaban J connectivity index is 1.30. The van der Waals surface area contributed by atoms with Crippen LogP contribution in [-0.2, 0) is 17.6 Å². The molecule has 1 aromatic carbocycles. The van der Waals surface area contributed by atoms with Crippen molar-refractivity contribution in [3.05, 3.63) is 63.4 Å². The van der Waals surface area contributed by atoms with Gasteiger partial charge in [0.1, 0.15) is 0 Å². The number of carbonyl (C=O) groups is 1. The van der Waals surface area contributed by atoms with E-state index in [4.69, 9.17) is 0 Å². The molecule has 0 aliphatic rings. The Morgan fingerprint density at radius 3 is 2.96 bits per heavy atom. The number of para-hydroxylation sites is 1. The first-order valence-electron chi connectivity index (χ1n) is 8.52. The van der Waals surface area contributed by atoms with Gasteiger partial charge >= 0.3 is 0 Å². The van der Waals surface area contributed by atoms with Crippen molar-refractivity contribution in [1.29, 1.82) is 0 Å². The second-order valence-electron chi connectivity index (χ2n) is 6.15. The zero-order valence-corrected chi connectivity index (χ0v) is 16.0. The third kappa shape index (κ3) is 3.71. The lowest BCUT2D eigenvalue weighted by Crippen LogP contribution is -2.26. The summed E-state index contributed by atoms with van der Waals surface area (Å²) >= 11 is 3.41. The number of nitrogens with zero attached hydrogens (tertiary/aromatic N) is 1. The van der Waals surface area contributed by atoms with Crippen LogP contribution in [0.5, 0.6) is 0 Å². The number of fused-ring (bicyclic) bond motifs is 1. The number of aromatic nitrogens is 2. The molecular weight excluding hydrogens is 362 g/mol. The molecule has 4 rings (SSSR count). The van der Waals surface area contributed by atoms with Crippen LogP contribution in [0.3, 0.4) is 0 Å². The van der Waals surface area contributed by atoms with Gasteiger partial charge in [-0.05, 0) is 37.1 Å². The maximum absolute atomic E-state index is 12.2. The van der Waals surface area contributed by atoms with Crippen molar-refractivity contribution in [3.63, 3.8) is 0 Å². The van der Waals surface area contributed by atoms with Crippen LogP contribution in [0.15, 0.2) is 48.0 Å². The Labute approximate surface area is 159 Å². The Morgan fingerprint density at radius 2 is 2.12 bits per heavy atom. The van der Waals surface area contributed by atoms with Gasteiger partial charge in [0.25, 0.3) is 0 Å². The van der Waals surface area contributed by atoms with Gasteiger partial charge in [-0.2, -0.15) is 0 Å². The summed E-state index contributed by atoms with van der Waals surface area (Å²) in [6.07, 6.45) is 3.16. The number of hydrogen-bond donors (Lipinski definition) is 2. The Hall–Kier alpha value is -2.44. The summed E-state index contributed by atoms with van der Waals surface area (Å²) in [6, 6.07) is 12.3. The molecule has 0 atom stereocenters. The van der Waals surface area contributed by atoms with Crippen LogP contribution in [0, 0.1) is 6.92 Å². The lowest BCUT2D eigenvalue weighted by atomic mass is 10.1. The summed E-state index contributed by atoms with van der Waals surface area (Å²) in [5.41, 5.74) is 3.15. The maximum atomic E-state index is 12.2. The van der Waals surface area contributed by atoms with Gasteiger partial charge in [-0.15, -0.1) is 22.7 Å². The number of aryl methyl sites for hydroxylation is 1. The highest BCUT2D eigenvalue weighted by molar-refractivity contribution is 7.16. The molecule has 6 heteroatoms. The van der Waals surface area contributed by atoms with Gasteiger partial charge in [0, 0.05) is 33.9 Å². The van der Waals surface area contributed by atoms with Gasteiger partial charge in [0.15, 0.2) is 0 Å². The van der Waals surface area contributed by atoms with Crippen LogP contribution in [0.1, 0.15) is 15.4 Å². The number of thiophene rings is 1. The van der Waals surface area contributed by atoms with Crippen molar-refractivity contribution in [2.45, 2.75) is 19.8 Å². The largest absolute Gasteiger partial charge is 0.361 e. The Bertz CT molecular complexity index is 1040. The molecular formula is C20H19N3OS2. The SMILES string of the molecule is Cc1nc(-c2ccc(CCNC(=O)Cc3c[nH]c4ccccc34)s2)cs1. The van der Waals surface area contributed by atoms with E-state index in [2.05, 4.69) is 32.8 Å². The van der Waals surface area contributed by atoms with Gasteiger partial charge in [-0.25, -0.2) is 4.98 Å². The van der Waals surface area contributed by atoms with Gasteiger partial charge in [0.05, 0.1) is 22.0 Å². The molecule has 0 unspecified atom stereocenters. The number of rotatable bonds is 6. The monoisotopic (exact) mass is 381 g/mol. The predicted octanol–water partition coefficient (Wildman–Crippen LogP) is 4.56. The summed E-state index contributed by atoms with van der Waals surface area (Å²) in [4.78, 5) is 22.4. The standard InChI is InChI=1S/C20H19N3OS2/c1-13-23-18(12-25-13)19-7-6-15(26-19)8-9-21-20(24)10-14-11-22-17-5-3-2-4-16(14)17/h2-7,11-12,22H,8-10H2,1H3,(H,21,24). The van der Waals surface area contributed by atoms with E-state index >= 15 is 0 Å². The van der Waals surface area contributed by atoms with E-state index in [1.54, 1.807) is 22.7 Å². The van der Waals surface area contributed by atoms with E-state index in [1.165, 1.54) is 9.75 Å². The van der Waals surface area contributed by atoms with Crippen molar-refractivity contribution >= 4 is 39.5 Å². The quantitative estimate of drug-likeness (QED) is 0.514. The van der Waals surface area contributed by atoms with E-state index < -0.39 is 0 Å². The summed E-state index contributed by atoms with van der Waals surface area (Å²) in [6.45, 7) is 2.67. The second kappa shape index (κ2) is 7.43. The highest BCUT2D eigenvalue weighted by atomic mass is 32.1. The predicted molar refractivity (Wildman–Crippen MR) is 109 cm³/mol. The fraction of sp³-hybridized carbons (Fsp3) is 0.200. The first kappa shape index (κ1) is 17.0. The van der Waals surface area contributed by atoms with Crippen LogP contribution >= 0.6 is 22.7 Å². The molecule has 0 fully saturated rings. The average Bonchev–Trinajstić information content (AvgIpc) is 3.36. The van der Waals surface area contributed by atoms with Crippen molar-refractivity contribution in [2.24, 2.45) is 0 Å². The number of nitrogens with one attached hydrogen (secondary N) is 2. The Morgan fingerprint density at radius 1 is 1.23 bits per heavy atom. The van der Waals surface area contributed by atoms with Crippen LogP contribution in [0.25, 0.3) is 21.5 Å². The number of carbonyl (C=O) groups excluding carboxylic acids is 1. The number of thiazole rings is 1. The lowest BCUT2D eigenvalue weighted by Gasteiger charge is -2.04. The third-order valence-corrected chi connectivity index (χ3v) is 6.19. The van der Waals surface area contributed by atoms with E-state index in [1.807, 2.05) is 37.4 Å². The summed E-state index contributed by atoms with van der Waals surface area (Å²) in [5.74, 6) is 0.0571. The summed E-state index contributed by atoms with van der Waals surface area (Å²) < 4.78 is 0. The molecule has 132 valence electrons.